The van der Waals surface area contributed by atoms with Crippen molar-refractivity contribution in [3.63, 3.8) is 0 Å². The third-order valence-electron chi connectivity index (χ3n) is 6.12. The van der Waals surface area contributed by atoms with Crippen molar-refractivity contribution in [1.82, 2.24) is 0 Å². The number of hydrogen-bond donors (Lipinski definition) is 0. The zero-order chi connectivity index (χ0) is 25.8. The molecule has 0 atom stereocenters. The molecule has 0 N–H and O–H groups in total. The molecule has 3 rings (SSSR count). The van der Waals surface area contributed by atoms with E-state index in [1.54, 1.807) is 24.3 Å². The summed E-state index contributed by atoms with van der Waals surface area (Å²) < 4.78 is 10.7. The SMILES string of the molecule is C=Cc1cc(-c2ccc(C(=O)OCCCCC)cc2)ccc1-c1ccc(C(=O)OCCCCC)cc1. The molecule has 0 bridgehead atoms. The number of ether oxygens (including phenoxy) is 2. The predicted octanol–water partition coefficient (Wildman–Crippen LogP) is 8.36. The summed E-state index contributed by atoms with van der Waals surface area (Å²) in [5.41, 5.74) is 6.17. The second-order valence-corrected chi connectivity index (χ2v) is 8.85. The Balaban J connectivity index is 1.69. The van der Waals surface area contributed by atoms with E-state index in [2.05, 4.69) is 38.6 Å². The average Bonchev–Trinajstić information content (AvgIpc) is 2.93. The summed E-state index contributed by atoms with van der Waals surface area (Å²) in [6.07, 6.45) is 7.92. The third kappa shape index (κ3) is 7.42. The minimum absolute atomic E-state index is 0.284. The minimum atomic E-state index is -0.287. The van der Waals surface area contributed by atoms with Crippen LogP contribution in [0.25, 0.3) is 28.3 Å². The summed E-state index contributed by atoms with van der Waals surface area (Å²) in [6, 6.07) is 21.1. The van der Waals surface area contributed by atoms with Gasteiger partial charge in [0.1, 0.15) is 0 Å². The lowest BCUT2D eigenvalue weighted by Crippen LogP contribution is -2.06. The fraction of sp³-hybridized carbons (Fsp3) is 0.312. The van der Waals surface area contributed by atoms with Crippen LogP contribution in [0.5, 0.6) is 0 Å². The van der Waals surface area contributed by atoms with Gasteiger partial charge in [0.2, 0.25) is 0 Å². The summed E-state index contributed by atoms with van der Waals surface area (Å²) in [4.78, 5) is 24.5. The zero-order valence-electron chi connectivity index (χ0n) is 21.4. The van der Waals surface area contributed by atoms with Gasteiger partial charge in [-0.15, -0.1) is 0 Å². The van der Waals surface area contributed by atoms with E-state index < -0.39 is 0 Å². The molecule has 36 heavy (non-hydrogen) atoms. The molecule has 3 aromatic rings. The summed E-state index contributed by atoms with van der Waals surface area (Å²) in [5.74, 6) is -0.571. The van der Waals surface area contributed by atoms with Gasteiger partial charge in [0.15, 0.2) is 0 Å². The molecule has 0 spiro atoms. The number of esters is 2. The fourth-order valence-corrected chi connectivity index (χ4v) is 3.96. The molecule has 0 amide bonds. The quantitative estimate of drug-likeness (QED) is 0.181. The summed E-state index contributed by atoms with van der Waals surface area (Å²) >= 11 is 0. The van der Waals surface area contributed by atoms with E-state index in [1.807, 2.05) is 30.3 Å². The lowest BCUT2D eigenvalue weighted by atomic mass is 9.94. The molecule has 0 aliphatic carbocycles. The molecule has 0 radical (unpaired) electrons. The Morgan fingerprint density at radius 1 is 0.667 bits per heavy atom. The van der Waals surface area contributed by atoms with E-state index in [-0.39, 0.29) is 11.9 Å². The summed E-state index contributed by atoms with van der Waals surface area (Å²) in [6.45, 7) is 9.14. The zero-order valence-corrected chi connectivity index (χ0v) is 21.4. The molecule has 0 saturated heterocycles. The van der Waals surface area contributed by atoms with Crippen LogP contribution in [-0.2, 0) is 9.47 Å². The van der Waals surface area contributed by atoms with Crippen molar-refractivity contribution < 1.29 is 19.1 Å². The van der Waals surface area contributed by atoms with Gasteiger partial charge in [-0.3, -0.25) is 0 Å². The molecule has 0 heterocycles. The van der Waals surface area contributed by atoms with Crippen molar-refractivity contribution >= 4 is 18.0 Å². The van der Waals surface area contributed by atoms with Crippen molar-refractivity contribution in [2.45, 2.75) is 52.4 Å². The number of unbranched alkanes of at least 4 members (excludes halogenated alkanes) is 4. The first-order valence-corrected chi connectivity index (χ1v) is 12.9. The van der Waals surface area contributed by atoms with Crippen LogP contribution in [0.15, 0.2) is 73.3 Å². The Bertz CT molecular complexity index is 1140. The van der Waals surface area contributed by atoms with E-state index in [9.17, 15) is 9.59 Å². The number of carbonyl (C=O) groups is 2. The van der Waals surface area contributed by atoms with Crippen LogP contribution < -0.4 is 0 Å². The maximum absolute atomic E-state index is 12.3. The first kappa shape index (κ1) is 26.9. The van der Waals surface area contributed by atoms with Gasteiger partial charge in [0.05, 0.1) is 24.3 Å². The van der Waals surface area contributed by atoms with Crippen LogP contribution >= 0.6 is 0 Å². The molecule has 0 aliphatic heterocycles. The number of hydrogen-bond acceptors (Lipinski definition) is 4. The third-order valence-corrected chi connectivity index (χ3v) is 6.12. The molecule has 0 aliphatic rings. The highest BCUT2D eigenvalue weighted by atomic mass is 16.5. The van der Waals surface area contributed by atoms with Crippen LogP contribution in [0.1, 0.15) is 78.7 Å². The minimum Gasteiger partial charge on any atom is -0.462 e. The highest BCUT2D eigenvalue weighted by Crippen LogP contribution is 2.30. The van der Waals surface area contributed by atoms with Crippen molar-refractivity contribution in [3.8, 4) is 22.3 Å². The van der Waals surface area contributed by atoms with Crippen LogP contribution in [0.3, 0.4) is 0 Å². The highest BCUT2D eigenvalue weighted by Gasteiger charge is 2.11. The van der Waals surface area contributed by atoms with Gasteiger partial charge in [0.25, 0.3) is 0 Å². The van der Waals surface area contributed by atoms with Gasteiger partial charge in [-0.2, -0.15) is 0 Å². The van der Waals surface area contributed by atoms with Crippen molar-refractivity contribution in [3.05, 3.63) is 90.0 Å². The van der Waals surface area contributed by atoms with E-state index >= 15 is 0 Å². The Labute approximate surface area is 215 Å². The lowest BCUT2D eigenvalue weighted by molar-refractivity contribution is 0.0489. The second-order valence-electron chi connectivity index (χ2n) is 8.85. The molecule has 4 heteroatoms. The fourth-order valence-electron chi connectivity index (χ4n) is 3.96. The van der Waals surface area contributed by atoms with Gasteiger partial charge in [0, 0.05) is 0 Å². The maximum Gasteiger partial charge on any atom is 0.338 e. The standard InChI is InChI=1S/C32H36O4/c1-4-7-9-21-35-31(33)27-15-11-25(12-16-27)29-19-20-30(24(6-3)23-29)26-13-17-28(18-14-26)32(34)36-22-10-8-5-2/h6,11-20,23H,3-5,7-10,21-22H2,1-2H3. The molecule has 4 nitrogen and oxygen atoms in total. The Morgan fingerprint density at radius 3 is 1.61 bits per heavy atom. The lowest BCUT2D eigenvalue weighted by Gasteiger charge is -2.11. The topological polar surface area (TPSA) is 52.6 Å². The monoisotopic (exact) mass is 484 g/mol. The van der Waals surface area contributed by atoms with Gasteiger partial charge >= 0.3 is 11.9 Å². The van der Waals surface area contributed by atoms with Crippen molar-refractivity contribution in [2.75, 3.05) is 13.2 Å². The van der Waals surface area contributed by atoms with Crippen LogP contribution in [0.4, 0.5) is 0 Å². The predicted molar refractivity (Wildman–Crippen MR) is 147 cm³/mol. The Morgan fingerprint density at radius 2 is 1.14 bits per heavy atom. The van der Waals surface area contributed by atoms with Gasteiger partial charge in [-0.25, -0.2) is 9.59 Å². The molecule has 0 saturated carbocycles. The molecular formula is C32H36O4. The van der Waals surface area contributed by atoms with Crippen molar-refractivity contribution in [2.24, 2.45) is 0 Å². The normalized spacial score (nSPS) is 10.6. The Hall–Kier alpha value is -3.66. The first-order valence-electron chi connectivity index (χ1n) is 12.9. The molecule has 0 unspecified atom stereocenters. The average molecular weight is 485 g/mol. The van der Waals surface area contributed by atoms with E-state index in [1.165, 1.54) is 0 Å². The van der Waals surface area contributed by atoms with Crippen molar-refractivity contribution in [1.29, 1.82) is 0 Å². The largest absolute Gasteiger partial charge is 0.462 e. The van der Waals surface area contributed by atoms with Crippen LogP contribution in [0, 0.1) is 0 Å². The summed E-state index contributed by atoms with van der Waals surface area (Å²) in [5, 5.41) is 0. The maximum atomic E-state index is 12.3. The smallest absolute Gasteiger partial charge is 0.338 e. The van der Waals surface area contributed by atoms with Gasteiger partial charge in [-0.1, -0.05) is 88.6 Å². The van der Waals surface area contributed by atoms with E-state index in [4.69, 9.17) is 9.47 Å². The second kappa shape index (κ2) is 14.0. The highest BCUT2D eigenvalue weighted by molar-refractivity contribution is 5.91. The number of carbonyl (C=O) groups excluding carboxylic acids is 2. The van der Waals surface area contributed by atoms with Crippen LogP contribution in [0.2, 0.25) is 0 Å². The molecule has 3 aromatic carbocycles. The number of rotatable bonds is 13. The Kier molecular flexibility index (Phi) is 10.5. The van der Waals surface area contributed by atoms with Gasteiger partial charge < -0.3 is 9.47 Å². The molecular weight excluding hydrogens is 448 g/mol. The first-order chi connectivity index (χ1) is 17.6. The van der Waals surface area contributed by atoms with Crippen LogP contribution in [-0.4, -0.2) is 25.2 Å². The molecule has 0 aromatic heterocycles. The van der Waals surface area contributed by atoms with E-state index in [0.29, 0.717) is 24.3 Å². The number of benzene rings is 3. The van der Waals surface area contributed by atoms with Gasteiger partial charge in [-0.05, 0) is 71.0 Å². The molecule has 188 valence electrons. The molecule has 0 fully saturated rings. The van der Waals surface area contributed by atoms with E-state index in [0.717, 1.165) is 66.3 Å². The summed E-state index contributed by atoms with van der Waals surface area (Å²) in [7, 11) is 0.